The van der Waals surface area contributed by atoms with Crippen molar-refractivity contribution in [2.75, 3.05) is 39.4 Å². The Kier molecular flexibility index (Phi) is 5.33. The van der Waals surface area contributed by atoms with Crippen LogP contribution < -0.4 is 0 Å². The molecule has 2 fully saturated rings. The van der Waals surface area contributed by atoms with Gasteiger partial charge in [-0.2, -0.15) is 0 Å². The van der Waals surface area contributed by atoms with Crippen molar-refractivity contribution in [3.8, 4) is 0 Å². The SMILES string of the molecule is CC1(N(O)O)CC=C(N2CCOCC2)C=C1N1CCC(C(=O)O)CC1. The third-order valence-corrected chi connectivity index (χ3v) is 5.55. The molecular formula is C17H27N3O5. The standard InChI is InChI=1S/C17H27N3O5/c1-17(20(23)24)5-2-14(18-8-10-25-11-9-18)12-15(17)19-6-3-13(4-7-19)16(21)22/h2,12-13,23-24H,3-11H2,1H3,(H,21,22). The first-order valence-corrected chi connectivity index (χ1v) is 8.82. The number of rotatable bonds is 4. The van der Waals surface area contributed by atoms with Crippen LogP contribution in [0.15, 0.2) is 23.5 Å². The van der Waals surface area contributed by atoms with Crippen LogP contribution in [0, 0.1) is 5.92 Å². The molecule has 8 heteroatoms. The zero-order chi connectivity index (χ0) is 18.0. The quantitative estimate of drug-likeness (QED) is 0.647. The molecule has 1 atom stereocenters. The molecule has 2 heterocycles. The van der Waals surface area contributed by atoms with E-state index in [-0.39, 0.29) is 11.1 Å². The van der Waals surface area contributed by atoms with Crippen molar-refractivity contribution < 1.29 is 25.1 Å². The summed E-state index contributed by atoms with van der Waals surface area (Å²) in [4.78, 5) is 15.5. The Hall–Kier alpha value is -1.61. The van der Waals surface area contributed by atoms with Gasteiger partial charge in [-0.25, -0.2) is 0 Å². The molecular weight excluding hydrogens is 326 g/mol. The maximum atomic E-state index is 11.2. The van der Waals surface area contributed by atoms with Crippen molar-refractivity contribution in [1.29, 1.82) is 0 Å². The average molecular weight is 353 g/mol. The van der Waals surface area contributed by atoms with E-state index in [1.54, 1.807) is 6.92 Å². The summed E-state index contributed by atoms with van der Waals surface area (Å²) < 4.78 is 5.40. The van der Waals surface area contributed by atoms with Gasteiger partial charge in [-0.05, 0) is 32.3 Å². The van der Waals surface area contributed by atoms with Crippen LogP contribution in [0.25, 0.3) is 0 Å². The maximum absolute atomic E-state index is 11.2. The Labute approximate surface area is 147 Å². The molecule has 0 aromatic rings. The molecule has 0 aromatic carbocycles. The number of likely N-dealkylation sites (tertiary alicyclic amines) is 1. The number of morpholine rings is 1. The molecule has 140 valence electrons. The van der Waals surface area contributed by atoms with Gasteiger partial charge in [-0.1, -0.05) is 11.3 Å². The minimum atomic E-state index is -0.939. The Morgan fingerprint density at radius 2 is 1.84 bits per heavy atom. The van der Waals surface area contributed by atoms with Crippen LogP contribution in [-0.2, 0) is 9.53 Å². The molecule has 2 saturated heterocycles. The molecule has 0 amide bonds. The van der Waals surface area contributed by atoms with Crippen molar-refractivity contribution >= 4 is 5.97 Å². The van der Waals surface area contributed by atoms with Gasteiger partial charge in [-0.3, -0.25) is 15.2 Å². The number of hydrogen-bond acceptors (Lipinski definition) is 7. The minimum Gasteiger partial charge on any atom is -0.481 e. The average Bonchev–Trinajstić information content (AvgIpc) is 2.63. The van der Waals surface area contributed by atoms with Gasteiger partial charge >= 0.3 is 5.97 Å². The Balaban J connectivity index is 1.81. The highest BCUT2D eigenvalue weighted by Gasteiger charge is 2.41. The molecule has 1 aliphatic carbocycles. The lowest BCUT2D eigenvalue weighted by Crippen LogP contribution is -2.52. The molecule has 0 spiro atoms. The van der Waals surface area contributed by atoms with E-state index in [1.165, 1.54) is 0 Å². The number of carbonyl (C=O) groups is 1. The van der Waals surface area contributed by atoms with E-state index in [0.717, 1.165) is 24.5 Å². The number of carboxylic acids is 1. The lowest BCUT2D eigenvalue weighted by atomic mass is 9.85. The van der Waals surface area contributed by atoms with Crippen LogP contribution >= 0.6 is 0 Å². The second kappa shape index (κ2) is 7.33. The van der Waals surface area contributed by atoms with E-state index < -0.39 is 11.5 Å². The van der Waals surface area contributed by atoms with Gasteiger partial charge in [0.1, 0.15) is 5.54 Å². The van der Waals surface area contributed by atoms with E-state index in [9.17, 15) is 20.3 Å². The van der Waals surface area contributed by atoms with E-state index in [1.807, 2.05) is 12.2 Å². The zero-order valence-corrected chi connectivity index (χ0v) is 14.6. The topological polar surface area (TPSA) is 96.7 Å². The predicted molar refractivity (Wildman–Crippen MR) is 88.9 cm³/mol. The van der Waals surface area contributed by atoms with Gasteiger partial charge in [0.15, 0.2) is 0 Å². The number of piperidine rings is 1. The first-order chi connectivity index (χ1) is 11.9. The summed E-state index contributed by atoms with van der Waals surface area (Å²) in [6, 6.07) is 0. The Bertz CT molecular complexity index is 563. The number of carboxylic acid groups (broad SMARTS) is 1. The molecule has 0 aromatic heterocycles. The highest BCUT2D eigenvalue weighted by molar-refractivity contribution is 5.70. The number of aliphatic carboxylic acids is 1. The van der Waals surface area contributed by atoms with Crippen molar-refractivity contribution in [1.82, 2.24) is 15.0 Å². The molecule has 3 aliphatic rings. The largest absolute Gasteiger partial charge is 0.481 e. The minimum absolute atomic E-state index is 0.286. The summed E-state index contributed by atoms with van der Waals surface area (Å²) in [6.45, 7) is 5.99. The molecule has 0 radical (unpaired) electrons. The van der Waals surface area contributed by atoms with Gasteiger partial charge in [0.25, 0.3) is 0 Å². The van der Waals surface area contributed by atoms with Gasteiger partial charge in [-0.15, -0.1) is 0 Å². The Morgan fingerprint density at radius 1 is 1.20 bits per heavy atom. The van der Waals surface area contributed by atoms with Crippen LogP contribution in [0.5, 0.6) is 0 Å². The summed E-state index contributed by atoms with van der Waals surface area (Å²) in [5, 5.41) is 29.2. The van der Waals surface area contributed by atoms with Crippen LogP contribution in [0.3, 0.4) is 0 Å². The van der Waals surface area contributed by atoms with E-state index in [0.29, 0.717) is 45.6 Å². The van der Waals surface area contributed by atoms with Crippen molar-refractivity contribution in [2.24, 2.45) is 5.92 Å². The zero-order valence-electron chi connectivity index (χ0n) is 14.6. The van der Waals surface area contributed by atoms with Gasteiger partial charge < -0.3 is 19.6 Å². The lowest BCUT2D eigenvalue weighted by Gasteiger charge is -2.45. The molecule has 2 aliphatic heterocycles. The number of nitrogens with zero attached hydrogens (tertiary/aromatic N) is 3. The highest BCUT2D eigenvalue weighted by atomic mass is 16.8. The normalized spacial score (nSPS) is 28.8. The summed E-state index contributed by atoms with van der Waals surface area (Å²) in [5.41, 5.74) is 0.953. The van der Waals surface area contributed by atoms with Gasteiger partial charge in [0.2, 0.25) is 0 Å². The molecule has 1 unspecified atom stereocenters. The van der Waals surface area contributed by atoms with Crippen LogP contribution in [0.4, 0.5) is 0 Å². The second-order valence-corrected chi connectivity index (χ2v) is 7.12. The molecule has 0 bridgehead atoms. The van der Waals surface area contributed by atoms with E-state index in [4.69, 9.17) is 4.74 Å². The number of ether oxygens (including phenoxy) is 1. The molecule has 25 heavy (non-hydrogen) atoms. The van der Waals surface area contributed by atoms with E-state index >= 15 is 0 Å². The van der Waals surface area contributed by atoms with E-state index in [2.05, 4.69) is 9.80 Å². The fourth-order valence-electron chi connectivity index (χ4n) is 3.79. The fourth-order valence-corrected chi connectivity index (χ4v) is 3.79. The fraction of sp³-hybridized carbons (Fsp3) is 0.706. The van der Waals surface area contributed by atoms with Crippen molar-refractivity contribution in [2.45, 2.75) is 31.7 Å². The third kappa shape index (κ3) is 3.67. The van der Waals surface area contributed by atoms with Crippen molar-refractivity contribution in [3.05, 3.63) is 23.5 Å². The van der Waals surface area contributed by atoms with Crippen LogP contribution in [0.2, 0.25) is 0 Å². The lowest BCUT2D eigenvalue weighted by molar-refractivity contribution is -0.354. The predicted octanol–water partition coefficient (Wildman–Crippen LogP) is 1.13. The first kappa shape index (κ1) is 18.2. The molecule has 3 N–H and O–H groups in total. The summed E-state index contributed by atoms with van der Waals surface area (Å²) in [7, 11) is 0. The molecule has 0 saturated carbocycles. The monoisotopic (exact) mass is 353 g/mol. The Morgan fingerprint density at radius 3 is 2.40 bits per heavy atom. The number of hydroxylamine groups is 2. The molecule has 3 rings (SSSR count). The molecule has 8 nitrogen and oxygen atoms in total. The van der Waals surface area contributed by atoms with Gasteiger partial charge in [0.05, 0.1) is 19.1 Å². The van der Waals surface area contributed by atoms with Crippen LogP contribution in [-0.4, -0.2) is 81.4 Å². The smallest absolute Gasteiger partial charge is 0.306 e. The maximum Gasteiger partial charge on any atom is 0.306 e. The summed E-state index contributed by atoms with van der Waals surface area (Å²) in [5.74, 6) is -1.07. The first-order valence-electron chi connectivity index (χ1n) is 8.82. The van der Waals surface area contributed by atoms with Crippen molar-refractivity contribution in [3.63, 3.8) is 0 Å². The summed E-state index contributed by atoms with van der Waals surface area (Å²) >= 11 is 0. The summed E-state index contributed by atoms with van der Waals surface area (Å²) in [6.07, 6.45) is 5.64. The number of hydrogen-bond donors (Lipinski definition) is 3. The highest BCUT2D eigenvalue weighted by Crippen LogP contribution is 2.37. The third-order valence-electron chi connectivity index (χ3n) is 5.55. The van der Waals surface area contributed by atoms with Gasteiger partial charge in [0, 0.05) is 37.6 Å². The number of allylic oxidation sites excluding steroid dienone is 1. The second-order valence-electron chi connectivity index (χ2n) is 7.12. The van der Waals surface area contributed by atoms with Crippen LogP contribution in [0.1, 0.15) is 26.2 Å².